The zero-order valence-corrected chi connectivity index (χ0v) is 35.1. The van der Waals surface area contributed by atoms with Gasteiger partial charge < -0.3 is 0 Å². The summed E-state index contributed by atoms with van der Waals surface area (Å²) in [5.41, 5.74) is 12.4. The normalized spacial score (nSPS) is 11.2. The second-order valence-electron chi connectivity index (χ2n) is 15.6. The van der Waals surface area contributed by atoms with Crippen LogP contribution in [0.5, 0.6) is 0 Å². The minimum atomic E-state index is -1.92. The summed E-state index contributed by atoms with van der Waals surface area (Å²) in [6.45, 7) is 6.82. The van der Waals surface area contributed by atoms with Gasteiger partial charge in [0, 0.05) is 0 Å². The molecule has 0 bridgehead atoms. The van der Waals surface area contributed by atoms with Gasteiger partial charge in [-0.15, -0.1) is 0 Å². The van der Waals surface area contributed by atoms with Crippen LogP contribution >= 0.6 is 0 Å². The first-order valence-corrected chi connectivity index (χ1v) is 32.3. The van der Waals surface area contributed by atoms with E-state index in [1.165, 1.54) is 48.9 Å². The van der Waals surface area contributed by atoms with Crippen molar-refractivity contribution in [3.63, 3.8) is 0 Å². The zero-order valence-electron chi connectivity index (χ0n) is 30.9. The van der Waals surface area contributed by atoms with Crippen molar-refractivity contribution in [3.8, 4) is 44.8 Å². The van der Waals surface area contributed by atoms with Crippen LogP contribution in [0.15, 0.2) is 134 Å². The fourth-order valence-corrected chi connectivity index (χ4v) is 13.3. The number of aryl methyl sites for hydroxylation is 1. The second kappa shape index (κ2) is 18.2. The van der Waals surface area contributed by atoms with Crippen LogP contribution in [0, 0.1) is 12.8 Å². The maximum absolute atomic E-state index is 4.86. The van der Waals surface area contributed by atoms with Crippen molar-refractivity contribution in [3.05, 3.63) is 145 Å². The zero-order chi connectivity index (χ0) is 35.2. The molecule has 0 aliphatic carbocycles. The number of rotatable bonds is 8. The first-order chi connectivity index (χ1) is 23.3. The van der Waals surface area contributed by atoms with Gasteiger partial charge in [0.2, 0.25) is 0 Å². The van der Waals surface area contributed by atoms with Crippen LogP contribution in [-0.4, -0.2) is 36.5 Å². The standard InChI is InChI=1S/C24H29GeN.C21H23GeN.2CH4/c1-18(2)14-22-16-24(26-17-23(22)25(3,4)5)21-13-9-12-20(15-21)19-10-7-6-8-11-19;1-16-13-21(23-15-20(16)22(2,3)4)19-12-8-11-18(14-19)17-9-6-5-7-10-17;;/h6-13,15-18H,14H2,1-5H3;5-15H,1-4H3;2*1H4. The van der Waals surface area contributed by atoms with E-state index in [2.05, 4.69) is 189 Å². The van der Waals surface area contributed by atoms with Crippen molar-refractivity contribution in [2.75, 3.05) is 0 Å². The number of hydrogen-bond donors (Lipinski definition) is 0. The van der Waals surface area contributed by atoms with E-state index < -0.39 is 26.5 Å². The molecule has 0 atom stereocenters. The molecule has 0 saturated heterocycles. The Labute approximate surface area is 315 Å². The van der Waals surface area contributed by atoms with Gasteiger partial charge in [0.15, 0.2) is 0 Å². The Hall–Kier alpha value is -3.73. The summed E-state index contributed by atoms with van der Waals surface area (Å²) in [5.74, 6) is 15.3. The number of benzene rings is 4. The van der Waals surface area contributed by atoms with Crippen LogP contribution in [0.1, 0.15) is 39.8 Å². The predicted molar refractivity (Wildman–Crippen MR) is 233 cm³/mol. The molecule has 266 valence electrons. The van der Waals surface area contributed by atoms with Gasteiger partial charge in [-0.2, -0.15) is 0 Å². The molecule has 0 aliphatic heterocycles. The minimum absolute atomic E-state index is 0. The van der Waals surface area contributed by atoms with E-state index in [0.717, 1.165) is 17.8 Å². The molecule has 0 amide bonds. The molecule has 0 unspecified atom stereocenters. The maximum atomic E-state index is 4.86. The Balaban J connectivity index is 0.000000267. The van der Waals surface area contributed by atoms with Gasteiger partial charge >= 0.3 is 303 Å². The van der Waals surface area contributed by atoms with Crippen LogP contribution < -0.4 is 8.79 Å². The molecule has 2 aromatic heterocycles. The van der Waals surface area contributed by atoms with Crippen molar-refractivity contribution in [1.82, 2.24) is 9.97 Å². The third kappa shape index (κ3) is 11.1. The molecule has 0 aliphatic rings. The van der Waals surface area contributed by atoms with Crippen molar-refractivity contribution >= 4 is 35.3 Å². The van der Waals surface area contributed by atoms with Crippen LogP contribution in [0.3, 0.4) is 0 Å². The summed E-state index contributed by atoms with van der Waals surface area (Å²) in [6.07, 6.45) is 5.41. The van der Waals surface area contributed by atoms with Crippen molar-refractivity contribution in [1.29, 1.82) is 0 Å². The summed E-state index contributed by atoms with van der Waals surface area (Å²) in [5, 5.41) is 0. The molecule has 0 fully saturated rings. The third-order valence-corrected chi connectivity index (χ3v) is 17.7. The first kappa shape index (κ1) is 41.7. The summed E-state index contributed by atoms with van der Waals surface area (Å²) >= 11 is -3.76. The molecule has 0 radical (unpaired) electrons. The van der Waals surface area contributed by atoms with Gasteiger partial charge in [-0.1, -0.05) is 14.9 Å². The third-order valence-electron chi connectivity index (χ3n) is 8.88. The molecule has 0 saturated carbocycles. The average Bonchev–Trinajstić information content (AvgIpc) is 3.08. The van der Waals surface area contributed by atoms with Crippen molar-refractivity contribution < 1.29 is 0 Å². The van der Waals surface area contributed by atoms with Gasteiger partial charge in [-0.25, -0.2) is 0 Å². The Morgan fingerprint density at radius 1 is 0.471 bits per heavy atom. The van der Waals surface area contributed by atoms with E-state index in [1.807, 2.05) is 0 Å². The fraction of sp³-hybridized carbons (Fsp3) is 0.277. The molecule has 6 rings (SSSR count). The van der Waals surface area contributed by atoms with Gasteiger partial charge in [0.05, 0.1) is 0 Å². The summed E-state index contributed by atoms with van der Waals surface area (Å²) in [7, 11) is 0. The molecule has 4 heteroatoms. The summed E-state index contributed by atoms with van der Waals surface area (Å²) in [4.78, 5) is 9.62. The first-order valence-electron chi connectivity index (χ1n) is 17.6. The average molecular weight is 798 g/mol. The Kier molecular flexibility index (Phi) is 14.8. The topological polar surface area (TPSA) is 25.8 Å². The Morgan fingerprint density at radius 3 is 1.27 bits per heavy atom. The molecular formula is C47H60Ge2N2. The van der Waals surface area contributed by atoms with E-state index in [4.69, 9.17) is 9.97 Å². The number of nitrogens with zero attached hydrogens (tertiary/aromatic N) is 2. The molecule has 0 spiro atoms. The Morgan fingerprint density at radius 2 is 0.863 bits per heavy atom. The van der Waals surface area contributed by atoms with E-state index >= 15 is 0 Å². The molecule has 4 aromatic carbocycles. The molecule has 0 N–H and O–H groups in total. The fourth-order valence-electron chi connectivity index (χ4n) is 6.42. The van der Waals surface area contributed by atoms with E-state index in [1.54, 1.807) is 4.40 Å². The number of aromatic nitrogens is 2. The van der Waals surface area contributed by atoms with Gasteiger partial charge in [0.25, 0.3) is 0 Å². The summed E-state index contributed by atoms with van der Waals surface area (Å²) < 4.78 is 3.04. The number of pyridine rings is 2. The molecule has 2 heterocycles. The van der Waals surface area contributed by atoms with Crippen LogP contribution in [0.25, 0.3) is 44.8 Å². The molecule has 51 heavy (non-hydrogen) atoms. The van der Waals surface area contributed by atoms with E-state index in [-0.39, 0.29) is 14.9 Å². The van der Waals surface area contributed by atoms with Crippen LogP contribution in [0.2, 0.25) is 34.5 Å². The van der Waals surface area contributed by atoms with Crippen LogP contribution in [-0.2, 0) is 6.42 Å². The van der Waals surface area contributed by atoms with E-state index in [9.17, 15) is 0 Å². The molecule has 2 nitrogen and oxygen atoms in total. The molecular weight excluding hydrogens is 738 g/mol. The van der Waals surface area contributed by atoms with Crippen molar-refractivity contribution in [2.24, 2.45) is 5.92 Å². The SMILES string of the molecule is C.C.CC(C)Cc1cc(-c2cccc(-c3ccccc3)c2)nc[c]1[Ge]([CH3])([CH3])[CH3].Cc1cc(-c2cccc(-c3ccccc3)c2)nc[c]1[Ge]([CH3])([CH3])[CH3]. The molecule has 6 aromatic rings. The van der Waals surface area contributed by atoms with Crippen molar-refractivity contribution in [2.45, 2.75) is 76.6 Å². The Bertz CT molecular complexity index is 1990. The predicted octanol–water partition coefficient (Wildman–Crippen LogP) is 12.7. The van der Waals surface area contributed by atoms with Gasteiger partial charge in [-0.3, -0.25) is 0 Å². The van der Waals surface area contributed by atoms with Gasteiger partial charge in [-0.05, 0) is 0 Å². The monoisotopic (exact) mass is 800 g/mol. The quantitative estimate of drug-likeness (QED) is 0.143. The second-order valence-corrected chi connectivity index (χ2v) is 36.7. The van der Waals surface area contributed by atoms with Crippen LogP contribution in [0.4, 0.5) is 0 Å². The number of hydrogen-bond acceptors (Lipinski definition) is 2. The summed E-state index contributed by atoms with van der Waals surface area (Å²) in [6, 6.07) is 43.0. The van der Waals surface area contributed by atoms with Gasteiger partial charge in [0.1, 0.15) is 0 Å². The van der Waals surface area contributed by atoms with E-state index in [0.29, 0.717) is 5.92 Å².